The maximum atomic E-state index is 12.6. The lowest BCUT2D eigenvalue weighted by Gasteiger charge is -2.26. The van der Waals surface area contributed by atoms with E-state index in [1.165, 1.54) is 26.3 Å². The van der Waals surface area contributed by atoms with Gasteiger partial charge in [0.05, 0.1) is 25.1 Å². The Hall–Kier alpha value is -2.78. The van der Waals surface area contributed by atoms with Crippen molar-refractivity contribution in [3.8, 4) is 17.2 Å². The van der Waals surface area contributed by atoms with E-state index in [9.17, 15) is 13.2 Å². The second-order valence-electron chi connectivity index (χ2n) is 6.24. The highest BCUT2D eigenvalue weighted by atomic mass is 32.2. The summed E-state index contributed by atoms with van der Waals surface area (Å²) in [4.78, 5) is 12.3. The van der Waals surface area contributed by atoms with Crippen LogP contribution in [-0.4, -0.2) is 58.6 Å². The van der Waals surface area contributed by atoms with Gasteiger partial charge in [-0.3, -0.25) is 4.79 Å². The zero-order valence-electron chi connectivity index (χ0n) is 15.6. The molecule has 0 spiro atoms. The van der Waals surface area contributed by atoms with Crippen LogP contribution in [0.15, 0.2) is 53.4 Å². The molecule has 0 saturated carbocycles. The average molecular weight is 406 g/mol. The maximum absolute atomic E-state index is 12.6. The van der Waals surface area contributed by atoms with Crippen LogP contribution in [0.25, 0.3) is 0 Å². The third-order valence-electron chi connectivity index (χ3n) is 4.23. The molecule has 1 N–H and O–H groups in total. The van der Waals surface area contributed by atoms with Gasteiger partial charge >= 0.3 is 0 Å². The minimum absolute atomic E-state index is 0.0872. The van der Waals surface area contributed by atoms with E-state index in [-0.39, 0.29) is 24.1 Å². The molecule has 0 saturated heterocycles. The van der Waals surface area contributed by atoms with Gasteiger partial charge in [-0.25, -0.2) is 8.42 Å². The fourth-order valence-electron chi connectivity index (χ4n) is 2.66. The van der Waals surface area contributed by atoms with Crippen molar-refractivity contribution in [1.82, 2.24) is 9.62 Å². The van der Waals surface area contributed by atoms with Gasteiger partial charge < -0.3 is 19.5 Å². The van der Waals surface area contributed by atoms with Gasteiger partial charge in [-0.2, -0.15) is 4.31 Å². The smallest absolute Gasteiger partial charge is 0.243 e. The van der Waals surface area contributed by atoms with Gasteiger partial charge in [-0.15, -0.1) is 0 Å². The molecular formula is C19H22N2O6S. The molecule has 0 aliphatic carbocycles. The number of rotatable bonds is 7. The van der Waals surface area contributed by atoms with Gasteiger partial charge in [0, 0.05) is 7.05 Å². The van der Waals surface area contributed by atoms with Crippen molar-refractivity contribution < 1.29 is 27.4 Å². The van der Waals surface area contributed by atoms with Crippen LogP contribution < -0.4 is 19.5 Å². The molecule has 150 valence electrons. The van der Waals surface area contributed by atoms with Crippen molar-refractivity contribution in [3.63, 3.8) is 0 Å². The molecule has 3 rings (SSSR count). The van der Waals surface area contributed by atoms with Crippen molar-refractivity contribution in [2.24, 2.45) is 0 Å². The second-order valence-corrected chi connectivity index (χ2v) is 8.28. The number of para-hydroxylation sites is 2. The van der Waals surface area contributed by atoms with E-state index in [4.69, 9.17) is 14.2 Å². The van der Waals surface area contributed by atoms with Gasteiger partial charge in [-0.1, -0.05) is 12.1 Å². The molecule has 1 heterocycles. The lowest BCUT2D eigenvalue weighted by Crippen LogP contribution is -2.44. The number of hydrogen-bond acceptors (Lipinski definition) is 6. The van der Waals surface area contributed by atoms with Crippen LogP contribution in [0.5, 0.6) is 17.2 Å². The Morgan fingerprint density at radius 1 is 1.18 bits per heavy atom. The Labute approximate surface area is 164 Å². The molecule has 0 fully saturated rings. The van der Waals surface area contributed by atoms with Crippen molar-refractivity contribution >= 4 is 15.9 Å². The van der Waals surface area contributed by atoms with Crippen LogP contribution in [0.3, 0.4) is 0 Å². The van der Waals surface area contributed by atoms with E-state index < -0.39 is 15.9 Å². The third-order valence-corrected chi connectivity index (χ3v) is 6.05. The summed E-state index contributed by atoms with van der Waals surface area (Å²) in [6.07, 6.45) is -0.345. The van der Waals surface area contributed by atoms with E-state index in [0.717, 1.165) is 4.31 Å². The largest absolute Gasteiger partial charge is 0.497 e. The van der Waals surface area contributed by atoms with Crippen molar-refractivity contribution in [1.29, 1.82) is 0 Å². The molecular weight excluding hydrogens is 384 g/mol. The zero-order chi connectivity index (χ0) is 20.1. The number of hydrogen-bond donors (Lipinski definition) is 1. The van der Waals surface area contributed by atoms with Crippen LogP contribution in [0.1, 0.15) is 0 Å². The standard InChI is InChI=1S/C19H22N2O6S/c1-21(28(23,24)16-9-7-14(25-2)8-10-16)12-19(22)20-11-15-13-26-17-5-3-4-6-18(17)27-15/h3-10,15H,11-13H2,1-2H3,(H,20,22)/t15-/m0/s1. The lowest BCUT2D eigenvalue weighted by molar-refractivity contribution is -0.121. The first-order valence-electron chi connectivity index (χ1n) is 8.65. The fraction of sp³-hybridized carbons (Fsp3) is 0.316. The van der Waals surface area contributed by atoms with Gasteiger partial charge in [0.25, 0.3) is 0 Å². The monoisotopic (exact) mass is 406 g/mol. The van der Waals surface area contributed by atoms with Gasteiger partial charge in [-0.05, 0) is 36.4 Å². The Kier molecular flexibility index (Phi) is 6.05. The summed E-state index contributed by atoms with van der Waals surface area (Å²) in [5, 5.41) is 2.69. The summed E-state index contributed by atoms with van der Waals surface area (Å²) in [6.45, 7) is 0.208. The quantitative estimate of drug-likeness (QED) is 0.744. The molecule has 9 heteroatoms. The summed E-state index contributed by atoms with van der Waals surface area (Å²) in [6, 6.07) is 13.3. The first kappa shape index (κ1) is 20.0. The molecule has 0 bridgehead atoms. The number of likely N-dealkylation sites (N-methyl/N-ethyl adjacent to an activating group) is 1. The van der Waals surface area contributed by atoms with Crippen LogP contribution in [-0.2, 0) is 14.8 Å². The zero-order valence-corrected chi connectivity index (χ0v) is 16.4. The molecule has 1 atom stereocenters. The number of carbonyl (C=O) groups is 1. The van der Waals surface area contributed by atoms with Gasteiger partial charge in [0.15, 0.2) is 11.5 Å². The number of fused-ring (bicyclic) bond motifs is 1. The third kappa shape index (κ3) is 4.55. The van der Waals surface area contributed by atoms with Crippen molar-refractivity contribution in [3.05, 3.63) is 48.5 Å². The normalized spacial score (nSPS) is 15.9. The number of methoxy groups -OCH3 is 1. The Morgan fingerprint density at radius 3 is 2.54 bits per heavy atom. The molecule has 1 aliphatic heterocycles. The van der Waals surface area contributed by atoms with Gasteiger partial charge in [0.2, 0.25) is 15.9 Å². The summed E-state index contributed by atoms with van der Waals surface area (Å²) < 4.78 is 42.5. The van der Waals surface area contributed by atoms with E-state index in [1.807, 2.05) is 18.2 Å². The van der Waals surface area contributed by atoms with E-state index in [2.05, 4.69) is 5.32 Å². The molecule has 8 nitrogen and oxygen atoms in total. The molecule has 0 unspecified atom stereocenters. The molecule has 1 amide bonds. The number of carbonyl (C=O) groups excluding carboxylic acids is 1. The topological polar surface area (TPSA) is 94.2 Å². The predicted molar refractivity (Wildman–Crippen MR) is 102 cm³/mol. The molecule has 2 aromatic rings. The average Bonchev–Trinajstić information content (AvgIpc) is 2.72. The molecule has 0 radical (unpaired) electrons. The molecule has 1 aliphatic rings. The highest BCUT2D eigenvalue weighted by Gasteiger charge is 2.25. The summed E-state index contributed by atoms with van der Waals surface area (Å²) in [5.41, 5.74) is 0. The van der Waals surface area contributed by atoms with Gasteiger partial charge in [0.1, 0.15) is 18.5 Å². The minimum Gasteiger partial charge on any atom is -0.497 e. The number of ether oxygens (including phenoxy) is 3. The summed E-state index contributed by atoms with van der Waals surface area (Å²) in [5.74, 6) is 1.40. The Bertz CT molecular complexity index is 930. The van der Waals surface area contributed by atoms with E-state index >= 15 is 0 Å². The summed E-state index contributed by atoms with van der Waals surface area (Å²) in [7, 11) is -0.925. The van der Waals surface area contributed by atoms with Crippen molar-refractivity contribution in [2.45, 2.75) is 11.0 Å². The lowest BCUT2D eigenvalue weighted by atomic mass is 10.2. The second kappa shape index (κ2) is 8.49. The number of nitrogens with zero attached hydrogens (tertiary/aromatic N) is 1. The van der Waals surface area contributed by atoms with Crippen LogP contribution >= 0.6 is 0 Å². The number of amides is 1. The first-order valence-corrected chi connectivity index (χ1v) is 10.1. The van der Waals surface area contributed by atoms with Crippen LogP contribution in [0.4, 0.5) is 0 Å². The van der Waals surface area contributed by atoms with Crippen molar-refractivity contribution in [2.75, 3.05) is 33.9 Å². The van der Waals surface area contributed by atoms with E-state index in [1.54, 1.807) is 18.2 Å². The van der Waals surface area contributed by atoms with Crippen LogP contribution in [0.2, 0.25) is 0 Å². The molecule has 0 aromatic heterocycles. The number of benzene rings is 2. The maximum Gasteiger partial charge on any atom is 0.243 e. The number of sulfonamides is 1. The summed E-state index contributed by atoms with van der Waals surface area (Å²) >= 11 is 0. The highest BCUT2D eigenvalue weighted by molar-refractivity contribution is 7.89. The Balaban J connectivity index is 1.52. The van der Waals surface area contributed by atoms with E-state index in [0.29, 0.717) is 23.9 Å². The number of nitrogens with one attached hydrogen (secondary N) is 1. The Morgan fingerprint density at radius 2 is 1.86 bits per heavy atom. The molecule has 2 aromatic carbocycles. The first-order chi connectivity index (χ1) is 13.4. The highest BCUT2D eigenvalue weighted by Crippen LogP contribution is 2.30. The fourth-order valence-corrected chi connectivity index (χ4v) is 3.79. The molecule has 28 heavy (non-hydrogen) atoms. The SMILES string of the molecule is COc1ccc(S(=O)(=O)N(C)CC(=O)NC[C@H]2COc3ccccc3O2)cc1. The predicted octanol–water partition coefficient (Wildman–Crippen LogP) is 1.27. The van der Waals surface area contributed by atoms with Crippen LogP contribution in [0, 0.1) is 0 Å². The minimum atomic E-state index is -3.78.